The minimum atomic E-state index is -0.549. The average molecular weight is 388 g/mol. The maximum atomic E-state index is 11.9. The molecule has 0 saturated carbocycles. The van der Waals surface area contributed by atoms with Gasteiger partial charge in [0, 0.05) is 26.7 Å². The van der Waals surface area contributed by atoms with Crippen molar-refractivity contribution in [3.8, 4) is 0 Å². The number of ether oxygens (including phenoxy) is 2. The van der Waals surface area contributed by atoms with Crippen molar-refractivity contribution < 1.29 is 19.1 Å². The van der Waals surface area contributed by atoms with Gasteiger partial charge in [0.2, 0.25) is 0 Å². The summed E-state index contributed by atoms with van der Waals surface area (Å²) in [5.41, 5.74) is -1.62. The van der Waals surface area contributed by atoms with Crippen LogP contribution in [0.3, 0.4) is 0 Å². The van der Waals surface area contributed by atoms with E-state index in [1.165, 1.54) is 0 Å². The van der Waals surface area contributed by atoms with Crippen LogP contribution in [0.15, 0.2) is 4.99 Å². The monoisotopic (exact) mass is 387 g/mol. The third kappa shape index (κ3) is 14.6. The molecule has 0 aromatic rings. The first-order valence-electron chi connectivity index (χ1n) is 9.06. The lowest BCUT2D eigenvalue weighted by molar-refractivity contribution is 0.0471. The molecule has 0 aliphatic rings. The molecule has 158 valence electrons. The Balaban J connectivity index is 4.23. The quantitative estimate of drug-likeness (QED) is 0.315. The molecule has 0 aliphatic carbocycles. The molecule has 27 heavy (non-hydrogen) atoms. The number of guanidine groups is 1. The zero-order valence-electron chi connectivity index (χ0n) is 18.2. The van der Waals surface area contributed by atoms with Crippen molar-refractivity contribution in [3.63, 3.8) is 0 Å². The highest BCUT2D eigenvalue weighted by atomic mass is 16.6. The summed E-state index contributed by atoms with van der Waals surface area (Å²) in [5, 5.41) is 11.7. The number of nitrogens with zero attached hydrogens (tertiary/aromatic N) is 1. The van der Waals surface area contributed by atoms with Gasteiger partial charge in [-0.1, -0.05) is 0 Å². The van der Waals surface area contributed by atoms with Crippen LogP contribution < -0.4 is 21.3 Å². The minimum absolute atomic E-state index is 0.384. The number of alkyl carbamates (subject to hydrolysis) is 2. The summed E-state index contributed by atoms with van der Waals surface area (Å²) in [7, 11) is 1.64. The standard InChI is InChI=1S/C18H37N5O4/c1-16(2,3)26-14(24)21-11-10-20-13(19-9)22-12-18(7,8)23-15(25)27-17(4,5)6/h10-12H2,1-9H3,(H,21,24)(H,23,25)(H2,19,20,22). The topological polar surface area (TPSA) is 113 Å². The fourth-order valence-electron chi connectivity index (χ4n) is 1.81. The zero-order valence-corrected chi connectivity index (χ0v) is 18.2. The molecular formula is C18H37N5O4. The van der Waals surface area contributed by atoms with E-state index in [9.17, 15) is 9.59 Å². The Bertz CT molecular complexity index is 519. The van der Waals surface area contributed by atoms with Crippen molar-refractivity contribution >= 4 is 18.1 Å². The SMILES string of the molecule is CN=C(NCCNC(=O)OC(C)(C)C)NCC(C)(C)NC(=O)OC(C)(C)C. The highest BCUT2D eigenvalue weighted by Gasteiger charge is 2.24. The molecule has 0 radical (unpaired) electrons. The summed E-state index contributed by atoms with van der Waals surface area (Å²) >= 11 is 0. The second-order valence-corrected chi connectivity index (χ2v) is 8.79. The molecule has 0 atom stereocenters. The van der Waals surface area contributed by atoms with Crippen molar-refractivity contribution in [1.82, 2.24) is 21.3 Å². The molecule has 0 spiro atoms. The lowest BCUT2D eigenvalue weighted by Gasteiger charge is -2.29. The summed E-state index contributed by atoms with van der Waals surface area (Å²) in [6.07, 6.45) is -0.936. The number of amides is 2. The van der Waals surface area contributed by atoms with Gasteiger partial charge in [-0.2, -0.15) is 0 Å². The molecule has 0 aliphatic heterocycles. The second kappa shape index (κ2) is 10.2. The van der Waals surface area contributed by atoms with Crippen molar-refractivity contribution in [2.75, 3.05) is 26.7 Å². The first-order valence-corrected chi connectivity index (χ1v) is 9.06. The van der Waals surface area contributed by atoms with E-state index in [0.29, 0.717) is 25.6 Å². The number of carbonyl (C=O) groups is 2. The lowest BCUT2D eigenvalue weighted by Crippen LogP contribution is -2.54. The Labute approximate surface area is 163 Å². The fourth-order valence-corrected chi connectivity index (χ4v) is 1.81. The van der Waals surface area contributed by atoms with Crippen molar-refractivity contribution in [3.05, 3.63) is 0 Å². The summed E-state index contributed by atoms with van der Waals surface area (Å²) in [6.45, 7) is 15.9. The van der Waals surface area contributed by atoms with Crippen molar-refractivity contribution in [1.29, 1.82) is 0 Å². The zero-order chi connectivity index (χ0) is 21.3. The molecule has 0 rings (SSSR count). The van der Waals surface area contributed by atoms with E-state index in [4.69, 9.17) is 9.47 Å². The van der Waals surface area contributed by atoms with E-state index >= 15 is 0 Å². The van der Waals surface area contributed by atoms with E-state index < -0.39 is 28.9 Å². The van der Waals surface area contributed by atoms with Gasteiger partial charge in [-0.3, -0.25) is 4.99 Å². The molecule has 0 fully saturated rings. The van der Waals surface area contributed by atoms with Gasteiger partial charge in [-0.25, -0.2) is 9.59 Å². The molecule has 0 bridgehead atoms. The number of nitrogens with one attached hydrogen (secondary N) is 4. The van der Waals surface area contributed by atoms with Gasteiger partial charge in [-0.15, -0.1) is 0 Å². The number of hydrogen-bond donors (Lipinski definition) is 4. The molecule has 0 unspecified atom stereocenters. The Kier molecular flexibility index (Phi) is 9.39. The van der Waals surface area contributed by atoms with Crippen LogP contribution in [0.2, 0.25) is 0 Å². The summed E-state index contributed by atoms with van der Waals surface area (Å²) in [5.74, 6) is 0.556. The van der Waals surface area contributed by atoms with Gasteiger partial charge in [0.15, 0.2) is 5.96 Å². The second-order valence-electron chi connectivity index (χ2n) is 8.79. The molecule has 4 N–H and O–H groups in total. The van der Waals surface area contributed by atoms with Crippen molar-refractivity contribution in [2.24, 2.45) is 4.99 Å². The summed E-state index contributed by atoms with van der Waals surface area (Å²) in [6, 6.07) is 0. The van der Waals surface area contributed by atoms with Crippen molar-refractivity contribution in [2.45, 2.75) is 72.1 Å². The van der Waals surface area contributed by atoms with Gasteiger partial charge in [0.05, 0.1) is 5.54 Å². The fraction of sp³-hybridized carbons (Fsp3) is 0.833. The average Bonchev–Trinajstić information content (AvgIpc) is 2.41. The predicted molar refractivity (Wildman–Crippen MR) is 107 cm³/mol. The predicted octanol–water partition coefficient (Wildman–Crippen LogP) is 1.98. The molecular weight excluding hydrogens is 350 g/mol. The lowest BCUT2D eigenvalue weighted by atomic mass is 10.1. The summed E-state index contributed by atoms with van der Waals surface area (Å²) < 4.78 is 10.4. The Hall–Kier alpha value is -2.19. The summed E-state index contributed by atoms with van der Waals surface area (Å²) in [4.78, 5) is 27.6. The van der Waals surface area contributed by atoms with E-state index in [2.05, 4.69) is 26.3 Å². The molecule has 0 heterocycles. The van der Waals surface area contributed by atoms with Gasteiger partial charge in [0.1, 0.15) is 11.2 Å². The number of hydrogen-bond acceptors (Lipinski definition) is 5. The molecule has 0 aromatic heterocycles. The van der Waals surface area contributed by atoms with Crippen LogP contribution in [0, 0.1) is 0 Å². The van der Waals surface area contributed by atoms with E-state index in [1.54, 1.807) is 7.05 Å². The molecule has 9 nitrogen and oxygen atoms in total. The maximum Gasteiger partial charge on any atom is 0.408 e. The van der Waals surface area contributed by atoms with Gasteiger partial charge < -0.3 is 30.7 Å². The molecule has 0 aromatic carbocycles. The van der Waals surface area contributed by atoms with Crippen LogP contribution in [-0.4, -0.2) is 61.6 Å². The van der Waals surface area contributed by atoms with Crippen LogP contribution in [0.4, 0.5) is 9.59 Å². The Morgan fingerprint density at radius 3 is 1.74 bits per heavy atom. The van der Waals surface area contributed by atoms with E-state index in [-0.39, 0.29) is 0 Å². The smallest absolute Gasteiger partial charge is 0.408 e. The van der Waals surface area contributed by atoms with Crippen LogP contribution >= 0.6 is 0 Å². The van der Waals surface area contributed by atoms with Crippen LogP contribution in [-0.2, 0) is 9.47 Å². The Morgan fingerprint density at radius 1 is 0.778 bits per heavy atom. The van der Waals surface area contributed by atoms with E-state index in [1.807, 2.05) is 55.4 Å². The van der Waals surface area contributed by atoms with Gasteiger partial charge in [0.25, 0.3) is 0 Å². The highest BCUT2D eigenvalue weighted by molar-refractivity contribution is 5.80. The van der Waals surface area contributed by atoms with Gasteiger partial charge in [-0.05, 0) is 55.4 Å². The number of aliphatic imine (C=N–C) groups is 1. The normalized spacial score (nSPS) is 12.9. The largest absolute Gasteiger partial charge is 0.444 e. The number of rotatable bonds is 6. The Morgan fingerprint density at radius 2 is 1.26 bits per heavy atom. The first-order chi connectivity index (χ1) is 12.1. The maximum absolute atomic E-state index is 11.9. The molecule has 9 heteroatoms. The third-order valence-corrected chi connectivity index (χ3v) is 2.85. The molecule has 0 saturated heterocycles. The van der Waals surface area contributed by atoms with Crippen LogP contribution in [0.25, 0.3) is 0 Å². The minimum Gasteiger partial charge on any atom is -0.444 e. The van der Waals surface area contributed by atoms with Crippen LogP contribution in [0.1, 0.15) is 55.4 Å². The highest BCUT2D eigenvalue weighted by Crippen LogP contribution is 2.09. The third-order valence-electron chi connectivity index (χ3n) is 2.85. The van der Waals surface area contributed by atoms with Gasteiger partial charge >= 0.3 is 12.2 Å². The van der Waals surface area contributed by atoms with E-state index in [0.717, 1.165) is 0 Å². The van der Waals surface area contributed by atoms with Crippen LogP contribution in [0.5, 0.6) is 0 Å². The molecule has 2 amide bonds. The first kappa shape index (κ1) is 24.8. The number of carbonyl (C=O) groups excluding carboxylic acids is 2.